The molecule has 0 fully saturated rings. The molecule has 0 aliphatic rings. The van der Waals surface area contributed by atoms with Gasteiger partial charge >= 0.3 is 0 Å². The fourth-order valence-corrected chi connectivity index (χ4v) is 1.29. The lowest BCUT2D eigenvalue weighted by Crippen LogP contribution is -2.09. The molecular weight excluding hydrogens is 222 g/mol. The number of nitrogen functional groups attached to an aromatic ring is 1. The molecule has 0 unspecified atom stereocenters. The molecule has 8 nitrogen and oxygen atoms in total. The zero-order valence-corrected chi connectivity index (χ0v) is 9.34. The number of anilines is 3. The minimum Gasteiger partial charge on any atom is -0.373 e. The van der Waals surface area contributed by atoms with Crippen LogP contribution >= 0.6 is 0 Å². The lowest BCUT2D eigenvalue weighted by molar-refractivity contribution is 0.379. The van der Waals surface area contributed by atoms with Crippen LogP contribution in [0.25, 0.3) is 0 Å². The van der Waals surface area contributed by atoms with Crippen LogP contribution in [0, 0.1) is 0 Å². The second-order valence-corrected chi connectivity index (χ2v) is 3.26. The number of nitrogens with one attached hydrogen (secondary N) is 2. The van der Waals surface area contributed by atoms with Gasteiger partial charge in [-0.25, -0.2) is 0 Å². The standard InChI is InChI=1S/C9H13N7O/c1-11-6-4-7(16-9(10)15-6)12-3-2-8-13-5-14-17-8/h4-5H,2-3H2,1H3,(H4,10,11,12,15,16). The normalized spacial score (nSPS) is 10.2. The second-order valence-electron chi connectivity index (χ2n) is 3.26. The molecule has 0 saturated heterocycles. The molecule has 2 rings (SSSR count). The van der Waals surface area contributed by atoms with E-state index in [-0.39, 0.29) is 5.95 Å². The number of hydrogen-bond donors (Lipinski definition) is 3. The Labute approximate surface area is 97.6 Å². The Balaban J connectivity index is 1.92. The van der Waals surface area contributed by atoms with Crippen molar-refractivity contribution in [2.45, 2.75) is 6.42 Å². The first kappa shape index (κ1) is 11.1. The van der Waals surface area contributed by atoms with Gasteiger partial charge in [-0.3, -0.25) is 0 Å². The van der Waals surface area contributed by atoms with Gasteiger partial charge in [0.05, 0.1) is 0 Å². The monoisotopic (exact) mass is 235 g/mol. The van der Waals surface area contributed by atoms with Gasteiger partial charge in [0.1, 0.15) is 11.6 Å². The van der Waals surface area contributed by atoms with Gasteiger partial charge in [0.25, 0.3) is 0 Å². The van der Waals surface area contributed by atoms with Crippen molar-refractivity contribution >= 4 is 17.6 Å². The Morgan fingerprint density at radius 3 is 2.88 bits per heavy atom. The maximum atomic E-state index is 5.56. The van der Waals surface area contributed by atoms with Crippen LogP contribution in [0.4, 0.5) is 17.6 Å². The topological polar surface area (TPSA) is 115 Å². The van der Waals surface area contributed by atoms with Gasteiger partial charge in [-0.1, -0.05) is 5.16 Å². The SMILES string of the molecule is CNc1cc(NCCc2ncno2)nc(N)n1. The van der Waals surface area contributed by atoms with Gasteiger partial charge in [0.2, 0.25) is 11.8 Å². The van der Waals surface area contributed by atoms with Gasteiger partial charge in [-0.2, -0.15) is 15.0 Å². The molecular formula is C9H13N7O. The third-order valence-corrected chi connectivity index (χ3v) is 2.05. The summed E-state index contributed by atoms with van der Waals surface area (Å²) in [6.07, 6.45) is 2.00. The molecule has 4 N–H and O–H groups in total. The predicted octanol–water partition coefficient (Wildman–Crippen LogP) is 0.138. The van der Waals surface area contributed by atoms with Crippen LogP contribution < -0.4 is 16.4 Å². The summed E-state index contributed by atoms with van der Waals surface area (Å²) in [6.45, 7) is 0.627. The van der Waals surface area contributed by atoms with Crippen LogP contribution in [-0.2, 0) is 6.42 Å². The van der Waals surface area contributed by atoms with Crippen LogP contribution in [0.5, 0.6) is 0 Å². The Hall–Kier alpha value is -2.38. The molecule has 0 atom stereocenters. The van der Waals surface area contributed by atoms with E-state index in [0.29, 0.717) is 30.5 Å². The minimum absolute atomic E-state index is 0.220. The zero-order chi connectivity index (χ0) is 12.1. The number of aromatic nitrogens is 4. The van der Waals surface area contributed by atoms with Gasteiger partial charge in [-0.15, -0.1) is 0 Å². The molecule has 8 heteroatoms. The van der Waals surface area contributed by atoms with E-state index in [1.807, 2.05) is 0 Å². The van der Waals surface area contributed by atoms with Crippen molar-refractivity contribution in [3.05, 3.63) is 18.3 Å². The van der Waals surface area contributed by atoms with E-state index in [0.717, 1.165) is 0 Å². The quantitative estimate of drug-likeness (QED) is 0.670. The zero-order valence-electron chi connectivity index (χ0n) is 9.34. The van der Waals surface area contributed by atoms with Crippen molar-refractivity contribution in [1.82, 2.24) is 20.1 Å². The first-order valence-electron chi connectivity index (χ1n) is 5.09. The highest BCUT2D eigenvalue weighted by molar-refractivity contribution is 5.50. The Morgan fingerprint density at radius 2 is 2.18 bits per heavy atom. The van der Waals surface area contributed by atoms with Crippen molar-refractivity contribution < 1.29 is 4.52 Å². The smallest absolute Gasteiger partial charge is 0.228 e. The number of nitrogens with two attached hydrogens (primary N) is 1. The van der Waals surface area contributed by atoms with Crippen molar-refractivity contribution in [2.75, 3.05) is 30.0 Å². The Kier molecular flexibility index (Phi) is 3.34. The largest absolute Gasteiger partial charge is 0.373 e. The van der Waals surface area contributed by atoms with Gasteiger partial charge < -0.3 is 20.9 Å². The summed E-state index contributed by atoms with van der Waals surface area (Å²) in [6, 6.07) is 1.77. The summed E-state index contributed by atoms with van der Waals surface area (Å²) < 4.78 is 4.87. The molecule has 0 saturated carbocycles. The molecule has 17 heavy (non-hydrogen) atoms. The van der Waals surface area contributed by atoms with E-state index in [9.17, 15) is 0 Å². The van der Waals surface area contributed by atoms with E-state index < -0.39 is 0 Å². The number of rotatable bonds is 5. The maximum absolute atomic E-state index is 5.56. The third kappa shape index (κ3) is 3.03. The van der Waals surface area contributed by atoms with Crippen LogP contribution in [0.15, 0.2) is 16.9 Å². The van der Waals surface area contributed by atoms with Gasteiger partial charge in [0.15, 0.2) is 6.33 Å². The van der Waals surface area contributed by atoms with Crippen molar-refractivity contribution in [3.63, 3.8) is 0 Å². The van der Waals surface area contributed by atoms with Crippen LogP contribution in [0.3, 0.4) is 0 Å². The van der Waals surface area contributed by atoms with Crippen LogP contribution in [0.2, 0.25) is 0 Å². The first-order chi connectivity index (χ1) is 8.28. The lowest BCUT2D eigenvalue weighted by Gasteiger charge is -2.06. The average Bonchev–Trinajstić information content (AvgIpc) is 2.81. The fraction of sp³-hybridized carbons (Fsp3) is 0.333. The lowest BCUT2D eigenvalue weighted by atomic mass is 10.4. The highest BCUT2D eigenvalue weighted by Crippen LogP contribution is 2.11. The maximum Gasteiger partial charge on any atom is 0.228 e. The highest BCUT2D eigenvalue weighted by Gasteiger charge is 2.02. The van der Waals surface area contributed by atoms with Crippen molar-refractivity contribution in [1.29, 1.82) is 0 Å². The van der Waals surface area contributed by atoms with Gasteiger partial charge in [0, 0.05) is 26.1 Å². The summed E-state index contributed by atoms with van der Waals surface area (Å²) in [5, 5.41) is 9.52. The van der Waals surface area contributed by atoms with Crippen LogP contribution in [-0.4, -0.2) is 33.7 Å². The van der Waals surface area contributed by atoms with E-state index in [2.05, 4.69) is 30.7 Å². The van der Waals surface area contributed by atoms with Crippen LogP contribution in [0.1, 0.15) is 5.89 Å². The molecule has 0 amide bonds. The molecule has 0 bridgehead atoms. The molecule has 0 aromatic carbocycles. The number of nitrogens with zero attached hydrogens (tertiary/aromatic N) is 4. The van der Waals surface area contributed by atoms with E-state index in [1.54, 1.807) is 13.1 Å². The highest BCUT2D eigenvalue weighted by atomic mass is 16.5. The molecule has 0 radical (unpaired) electrons. The van der Waals surface area contributed by atoms with Crippen molar-refractivity contribution in [3.8, 4) is 0 Å². The molecule has 0 aliphatic heterocycles. The number of hydrogen-bond acceptors (Lipinski definition) is 8. The van der Waals surface area contributed by atoms with E-state index >= 15 is 0 Å². The Bertz CT molecular complexity index is 470. The summed E-state index contributed by atoms with van der Waals surface area (Å²) in [7, 11) is 1.77. The summed E-state index contributed by atoms with van der Waals surface area (Å²) >= 11 is 0. The minimum atomic E-state index is 0.220. The van der Waals surface area contributed by atoms with Gasteiger partial charge in [-0.05, 0) is 0 Å². The molecule has 90 valence electrons. The summed E-state index contributed by atoms with van der Waals surface area (Å²) in [5.74, 6) is 2.12. The van der Waals surface area contributed by atoms with E-state index in [1.165, 1.54) is 6.33 Å². The molecule has 2 aromatic rings. The summed E-state index contributed by atoms with van der Waals surface area (Å²) in [5.41, 5.74) is 5.56. The average molecular weight is 235 g/mol. The second kappa shape index (κ2) is 5.10. The predicted molar refractivity (Wildman–Crippen MR) is 62.5 cm³/mol. The summed E-state index contributed by atoms with van der Waals surface area (Å²) in [4.78, 5) is 11.9. The molecule has 0 spiro atoms. The molecule has 2 aromatic heterocycles. The van der Waals surface area contributed by atoms with Crippen molar-refractivity contribution in [2.24, 2.45) is 0 Å². The molecule has 0 aliphatic carbocycles. The Morgan fingerprint density at radius 1 is 1.35 bits per heavy atom. The van der Waals surface area contributed by atoms with E-state index in [4.69, 9.17) is 10.3 Å². The third-order valence-electron chi connectivity index (χ3n) is 2.05. The first-order valence-corrected chi connectivity index (χ1v) is 5.09. The molecule has 2 heterocycles. The fourth-order valence-electron chi connectivity index (χ4n) is 1.29.